The molecule has 3 rings (SSSR count). The summed E-state index contributed by atoms with van der Waals surface area (Å²) in [6, 6.07) is 0. The molecule has 1 aliphatic heterocycles. The fourth-order valence-corrected chi connectivity index (χ4v) is 4.10. The van der Waals surface area contributed by atoms with E-state index in [-0.39, 0.29) is 5.82 Å². The average Bonchev–Trinajstić information content (AvgIpc) is 3.05. The van der Waals surface area contributed by atoms with Gasteiger partial charge in [0.2, 0.25) is 0 Å². The fourth-order valence-electron chi connectivity index (χ4n) is 3.15. The average molecular weight is 367 g/mol. The van der Waals surface area contributed by atoms with Crippen molar-refractivity contribution >= 4 is 30.2 Å². The Balaban J connectivity index is 1.95. The Kier molecular flexibility index (Phi) is 4.90. The number of rotatable bonds is 5. The van der Waals surface area contributed by atoms with Gasteiger partial charge >= 0.3 is 0 Å². The number of aliphatic hydroxyl groups excluding tert-OH is 2. The molecule has 138 valence electrons. The van der Waals surface area contributed by atoms with Crippen LogP contribution < -0.4 is 5.73 Å². The van der Waals surface area contributed by atoms with Crippen LogP contribution in [0.3, 0.4) is 0 Å². The van der Waals surface area contributed by atoms with Crippen LogP contribution in [-0.2, 0) is 11.2 Å². The largest absolute Gasteiger partial charge is 0.388 e. The summed E-state index contributed by atoms with van der Waals surface area (Å²) in [4.78, 5) is 12.7. The number of nitrogens with zero attached hydrogens (tertiary/aromatic N) is 4. The van der Waals surface area contributed by atoms with Crippen molar-refractivity contribution in [3.05, 3.63) is 12.2 Å². The smallest absolute Gasteiger partial charge is 0.167 e. The van der Waals surface area contributed by atoms with Crippen molar-refractivity contribution in [1.29, 1.82) is 0 Å². The molecule has 0 spiro atoms. The van der Waals surface area contributed by atoms with Crippen molar-refractivity contribution in [3.63, 3.8) is 0 Å². The first-order valence-electron chi connectivity index (χ1n) is 8.39. The minimum absolute atomic E-state index is 0.284. The third-order valence-corrected chi connectivity index (χ3v) is 5.97. The van der Waals surface area contributed by atoms with Crippen LogP contribution in [0.15, 0.2) is 6.33 Å². The Labute approximate surface area is 147 Å². The van der Waals surface area contributed by atoms with Crippen molar-refractivity contribution in [2.24, 2.45) is 0 Å². The van der Waals surface area contributed by atoms with Crippen molar-refractivity contribution < 1.29 is 14.9 Å². The standard InChI is InChI=1S/C16H26N5O3P/c1-5-10-20-11-14(17)18-8-19-15(11)21(10)16-13(23)12(22)9(24-16)6-7-25(2,3)4/h8-9,12-13,16,22-23H,2,5-7H2,1,3-4H3,(H2,17,18,19)/t9-,12-,13-,16-/m1/s1. The molecule has 0 bridgehead atoms. The number of imidazole rings is 1. The summed E-state index contributed by atoms with van der Waals surface area (Å²) in [6.07, 6.45) is 4.49. The van der Waals surface area contributed by atoms with E-state index in [0.29, 0.717) is 29.8 Å². The second kappa shape index (κ2) is 6.68. The SMILES string of the molecule is C=P(C)(C)CC[C@H]1O[C@@H](n2c(CC)nc3c(N)ncnc32)[C@H](O)[C@@H]1O. The van der Waals surface area contributed by atoms with E-state index < -0.39 is 31.4 Å². The topological polar surface area (TPSA) is 119 Å². The molecule has 2 aromatic rings. The first-order valence-corrected chi connectivity index (χ1v) is 11.4. The third kappa shape index (κ3) is 3.44. The van der Waals surface area contributed by atoms with E-state index in [1.165, 1.54) is 6.33 Å². The van der Waals surface area contributed by atoms with Crippen LogP contribution in [0.4, 0.5) is 5.82 Å². The van der Waals surface area contributed by atoms with Gasteiger partial charge in [0, 0.05) is 6.42 Å². The summed E-state index contributed by atoms with van der Waals surface area (Å²) in [5.74, 6) is 0.968. The highest BCUT2D eigenvalue weighted by Crippen LogP contribution is 2.40. The molecule has 3 heterocycles. The Hall–Kier alpha value is -1.47. The lowest BCUT2D eigenvalue weighted by molar-refractivity contribution is -0.0367. The number of fused-ring (bicyclic) bond motifs is 1. The number of aromatic nitrogens is 4. The van der Waals surface area contributed by atoms with E-state index in [9.17, 15) is 10.2 Å². The zero-order valence-corrected chi connectivity index (χ0v) is 15.7. The van der Waals surface area contributed by atoms with Gasteiger partial charge in [0.1, 0.15) is 24.4 Å². The maximum Gasteiger partial charge on any atom is 0.167 e. The zero-order chi connectivity index (χ0) is 18.4. The number of aryl methyl sites for hydroxylation is 1. The van der Waals surface area contributed by atoms with Crippen LogP contribution in [0.25, 0.3) is 11.2 Å². The molecule has 1 saturated heterocycles. The highest BCUT2D eigenvalue weighted by atomic mass is 31.2. The molecule has 9 heteroatoms. The van der Waals surface area contributed by atoms with Gasteiger partial charge in [-0.25, -0.2) is 15.0 Å². The first-order chi connectivity index (χ1) is 11.7. The second-order valence-electron chi connectivity index (χ2n) is 7.18. The lowest BCUT2D eigenvalue weighted by Crippen LogP contribution is -2.32. The highest BCUT2D eigenvalue weighted by molar-refractivity contribution is 7.72. The Morgan fingerprint density at radius 3 is 2.68 bits per heavy atom. The number of hydrogen-bond donors (Lipinski definition) is 3. The van der Waals surface area contributed by atoms with E-state index in [1.807, 2.05) is 6.92 Å². The molecule has 4 N–H and O–H groups in total. The van der Waals surface area contributed by atoms with Crippen molar-refractivity contribution in [2.45, 2.75) is 44.3 Å². The maximum absolute atomic E-state index is 10.6. The normalized spacial score (nSPS) is 27.2. The number of aliphatic hydroxyl groups is 2. The summed E-state index contributed by atoms with van der Waals surface area (Å²) in [7, 11) is 0. The maximum atomic E-state index is 10.6. The molecule has 25 heavy (non-hydrogen) atoms. The Morgan fingerprint density at radius 1 is 1.32 bits per heavy atom. The minimum atomic E-state index is -1.23. The number of ether oxygens (including phenoxy) is 1. The van der Waals surface area contributed by atoms with Crippen molar-refractivity contribution in [3.8, 4) is 0 Å². The van der Waals surface area contributed by atoms with Gasteiger partial charge in [0.15, 0.2) is 23.2 Å². The minimum Gasteiger partial charge on any atom is -0.388 e. The summed E-state index contributed by atoms with van der Waals surface area (Å²) < 4.78 is 7.76. The fraction of sp³-hybridized carbons (Fsp3) is 0.625. The first kappa shape index (κ1) is 18.3. The van der Waals surface area contributed by atoms with Crippen molar-refractivity contribution in [2.75, 3.05) is 25.2 Å². The van der Waals surface area contributed by atoms with Crippen LogP contribution >= 0.6 is 6.89 Å². The van der Waals surface area contributed by atoms with Crippen LogP contribution in [-0.4, -0.2) is 73.8 Å². The van der Waals surface area contributed by atoms with Gasteiger partial charge in [-0.3, -0.25) is 4.57 Å². The Morgan fingerprint density at radius 2 is 2.04 bits per heavy atom. The molecule has 8 nitrogen and oxygen atoms in total. The molecule has 0 aliphatic carbocycles. The van der Waals surface area contributed by atoms with E-state index >= 15 is 0 Å². The van der Waals surface area contributed by atoms with E-state index in [4.69, 9.17) is 10.5 Å². The van der Waals surface area contributed by atoms with Crippen LogP contribution in [0.1, 0.15) is 25.4 Å². The molecule has 4 atom stereocenters. The molecule has 0 unspecified atom stereocenters. The number of anilines is 1. The molecule has 0 saturated carbocycles. The third-order valence-electron chi connectivity index (χ3n) is 4.51. The zero-order valence-electron chi connectivity index (χ0n) is 14.8. The number of nitrogens with two attached hydrogens (primary N) is 1. The Bertz CT molecular complexity index is 817. The van der Waals surface area contributed by atoms with E-state index in [2.05, 4.69) is 34.6 Å². The molecular weight excluding hydrogens is 341 g/mol. The molecule has 0 radical (unpaired) electrons. The van der Waals surface area contributed by atoms with Crippen LogP contribution in [0, 0.1) is 0 Å². The highest BCUT2D eigenvalue weighted by Gasteiger charge is 2.44. The lowest BCUT2D eigenvalue weighted by Gasteiger charge is -2.19. The van der Waals surface area contributed by atoms with Gasteiger partial charge in [0.25, 0.3) is 0 Å². The monoisotopic (exact) mass is 367 g/mol. The van der Waals surface area contributed by atoms with Crippen LogP contribution in [0.2, 0.25) is 0 Å². The summed E-state index contributed by atoms with van der Waals surface area (Å²) in [6.45, 7) is 5.00. The molecule has 1 fully saturated rings. The molecule has 1 aliphatic rings. The predicted octanol–water partition coefficient (Wildman–Crippen LogP) is 0.689. The lowest BCUT2D eigenvalue weighted by atomic mass is 10.1. The number of hydrogen-bond acceptors (Lipinski definition) is 7. The van der Waals surface area contributed by atoms with E-state index in [0.717, 1.165) is 6.16 Å². The molecule has 0 amide bonds. The van der Waals surface area contributed by atoms with Gasteiger partial charge in [-0.05, 0) is 25.9 Å². The molecule has 0 aromatic carbocycles. The summed E-state index contributed by atoms with van der Waals surface area (Å²) in [5, 5.41) is 21.0. The van der Waals surface area contributed by atoms with Gasteiger partial charge in [-0.1, -0.05) is 6.92 Å². The van der Waals surface area contributed by atoms with Gasteiger partial charge in [-0.2, -0.15) is 0 Å². The molecule has 2 aromatic heterocycles. The number of nitrogen functional groups attached to an aromatic ring is 1. The van der Waals surface area contributed by atoms with Gasteiger partial charge in [0.05, 0.1) is 6.10 Å². The second-order valence-corrected chi connectivity index (χ2v) is 11.5. The summed E-state index contributed by atoms with van der Waals surface area (Å²) in [5.41, 5.74) is 6.88. The van der Waals surface area contributed by atoms with Gasteiger partial charge in [-0.15, -0.1) is 13.2 Å². The quantitative estimate of drug-likeness (QED) is 0.665. The van der Waals surface area contributed by atoms with Gasteiger partial charge < -0.3 is 20.7 Å². The predicted molar refractivity (Wildman–Crippen MR) is 100 cm³/mol. The van der Waals surface area contributed by atoms with Crippen molar-refractivity contribution in [1.82, 2.24) is 19.5 Å². The molecular formula is C16H26N5O3P. The van der Waals surface area contributed by atoms with Crippen LogP contribution in [0.5, 0.6) is 0 Å². The summed E-state index contributed by atoms with van der Waals surface area (Å²) >= 11 is 0. The van der Waals surface area contributed by atoms with E-state index in [1.54, 1.807) is 4.57 Å².